The predicted octanol–water partition coefficient (Wildman–Crippen LogP) is 3.07. The normalized spacial score (nSPS) is 11.1. The van der Waals surface area contributed by atoms with E-state index in [1.807, 2.05) is 7.05 Å². The minimum Gasteiger partial charge on any atom is -0.396 e. The van der Waals surface area contributed by atoms with E-state index in [1.54, 1.807) is 12.1 Å². The van der Waals surface area contributed by atoms with Gasteiger partial charge < -0.3 is 10.0 Å². The quantitative estimate of drug-likeness (QED) is 0.761. The number of aliphatic hydroxyl groups is 1. The van der Waals surface area contributed by atoms with Crippen LogP contribution in [0.5, 0.6) is 0 Å². The summed E-state index contributed by atoms with van der Waals surface area (Å²) in [5, 5.41) is 9.08. The van der Waals surface area contributed by atoms with Crippen molar-refractivity contribution in [3.8, 4) is 0 Å². The molecule has 0 aliphatic carbocycles. The smallest absolute Gasteiger partial charge is 0.129 e. The van der Waals surface area contributed by atoms with Gasteiger partial charge in [0.1, 0.15) is 5.82 Å². The van der Waals surface area contributed by atoms with E-state index < -0.39 is 0 Å². The first-order valence-electron chi connectivity index (χ1n) is 5.87. The average molecular weight is 260 g/mol. The predicted molar refractivity (Wildman–Crippen MR) is 68.7 cm³/mol. The van der Waals surface area contributed by atoms with Gasteiger partial charge in [-0.3, -0.25) is 0 Å². The lowest BCUT2D eigenvalue weighted by Crippen LogP contribution is -2.19. The van der Waals surface area contributed by atoms with Crippen LogP contribution >= 0.6 is 11.6 Å². The molecule has 0 aliphatic rings. The first kappa shape index (κ1) is 14.4. The lowest BCUT2D eigenvalue weighted by Gasteiger charge is -2.16. The monoisotopic (exact) mass is 259 g/mol. The third kappa shape index (κ3) is 5.48. The molecule has 0 fully saturated rings. The molecule has 0 saturated heterocycles. The van der Waals surface area contributed by atoms with Gasteiger partial charge in [0.2, 0.25) is 0 Å². The molecule has 96 valence electrons. The van der Waals surface area contributed by atoms with Gasteiger partial charge in [-0.05, 0) is 45.0 Å². The molecule has 0 amide bonds. The highest BCUT2D eigenvalue weighted by Gasteiger charge is 2.06. The molecule has 0 aliphatic heterocycles. The van der Waals surface area contributed by atoms with Crippen LogP contribution in [-0.2, 0) is 6.54 Å². The summed E-state index contributed by atoms with van der Waals surface area (Å²) in [6.45, 7) is 1.74. The fourth-order valence-electron chi connectivity index (χ4n) is 1.69. The van der Waals surface area contributed by atoms with Crippen LogP contribution < -0.4 is 0 Å². The third-order valence-electron chi connectivity index (χ3n) is 2.65. The molecule has 0 bridgehead atoms. The van der Waals surface area contributed by atoms with E-state index in [2.05, 4.69) is 4.90 Å². The highest BCUT2D eigenvalue weighted by molar-refractivity contribution is 6.30. The van der Waals surface area contributed by atoms with Crippen molar-refractivity contribution in [2.75, 3.05) is 20.2 Å². The standard InChI is InChI=1S/C13H19ClFNO/c1-16(7-3-2-4-8-17)10-11-5-6-12(14)9-13(11)15/h5-6,9,17H,2-4,7-8,10H2,1H3. The van der Waals surface area contributed by atoms with E-state index in [1.165, 1.54) is 6.07 Å². The summed E-state index contributed by atoms with van der Waals surface area (Å²) in [7, 11) is 1.97. The lowest BCUT2D eigenvalue weighted by molar-refractivity contribution is 0.270. The van der Waals surface area contributed by atoms with Crippen LogP contribution in [0.25, 0.3) is 0 Å². The van der Waals surface area contributed by atoms with Crippen molar-refractivity contribution in [3.63, 3.8) is 0 Å². The molecule has 0 aromatic heterocycles. The van der Waals surface area contributed by atoms with Gasteiger partial charge >= 0.3 is 0 Å². The van der Waals surface area contributed by atoms with Crippen molar-refractivity contribution >= 4 is 11.6 Å². The number of hydrogen-bond donors (Lipinski definition) is 1. The van der Waals surface area contributed by atoms with Crippen molar-refractivity contribution in [2.45, 2.75) is 25.8 Å². The molecule has 0 spiro atoms. The summed E-state index contributed by atoms with van der Waals surface area (Å²) in [4.78, 5) is 2.07. The first-order chi connectivity index (χ1) is 8.13. The minimum absolute atomic E-state index is 0.246. The number of hydrogen-bond acceptors (Lipinski definition) is 2. The maximum absolute atomic E-state index is 13.5. The number of aliphatic hydroxyl groups excluding tert-OH is 1. The van der Waals surface area contributed by atoms with E-state index in [0.717, 1.165) is 25.8 Å². The molecular weight excluding hydrogens is 241 g/mol. The van der Waals surface area contributed by atoms with Gasteiger partial charge in [0.05, 0.1) is 0 Å². The Morgan fingerprint density at radius 2 is 2.06 bits per heavy atom. The van der Waals surface area contributed by atoms with Crippen LogP contribution in [-0.4, -0.2) is 30.2 Å². The van der Waals surface area contributed by atoms with Crippen LogP contribution in [0, 0.1) is 5.82 Å². The Kier molecular flexibility index (Phi) is 6.48. The maximum Gasteiger partial charge on any atom is 0.129 e. The highest BCUT2D eigenvalue weighted by Crippen LogP contribution is 2.16. The zero-order valence-corrected chi connectivity index (χ0v) is 10.9. The largest absolute Gasteiger partial charge is 0.396 e. The molecule has 4 heteroatoms. The van der Waals surface area contributed by atoms with Crippen molar-refractivity contribution in [1.29, 1.82) is 0 Å². The van der Waals surface area contributed by atoms with Crippen LogP contribution in [0.2, 0.25) is 5.02 Å². The van der Waals surface area contributed by atoms with Gasteiger partial charge in [0.25, 0.3) is 0 Å². The number of benzene rings is 1. The topological polar surface area (TPSA) is 23.5 Å². The molecule has 0 saturated carbocycles. The molecule has 0 atom stereocenters. The highest BCUT2D eigenvalue weighted by atomic mass is 35.5. The van der Waals surface area contributed by atoms with E-state index >= 15 is 0 Å². The second-order valence-electron chi connectivity index (χ2n) is 4.26. The Hall–Kier alpha value is -0.640. The second kappa shape index (κ2) is 7.64. The summed E-state index contributed by atoms with van der Waals surface area (Å²) in [6.07, 6.45) is 2.86. The Labute approximate surface area is 107 Å². The van der Waals surface area contributed by atoms with Gasteiger partial charge in [0, 0.05) is 23.7 Å². The zero-order chi connectivity index (χ0) is 12.7. The molecular formula is C13H19ClFNO. The molecule has 1 N–H and O–H groups in total. The van der Waals surface area contributed by atoms with Gasteiger partial charge in [-0.15, -0.1) is 0 Å². The minimum atomic E-state index is -0.250. The Morgan fingerprint density at radius 1 is 1.29 bits per heavy atom. The molecule has 0 heterocycles. The lowest BCUT2D eigenvalue weighted by atomic mass is 10.2. The van der Waals surface area contributed by atoms with E-state index in [4.69, 9.17) is 16.7 Å². The van der Waals surface area contributed by atoms with E-state index in [0.29, 0.717) is 17.1 Å². The van der Waals surface area contributed by atoms with Crippen LogP contribution in [0.15, 0.2) is 18.2 Å². The van der Waals surface area contributed by atoms with E-state index in [-0.39, 0.29) is 12.4 Å². The summed E-state index contributed by atoms with van der Waals surface area (Å²) < 4.78 is 13.5. The summed E-state index contributed by atoms with van der Waals surface area (Å²) in [6, 6.07) is 4.78. The van der Waals surface area contributed by atoms with Crippen molar-refractivity contribution in [3.05, 3.63) is 34.6 Å². The second-order valence-corrected chi connectivity index (χ2v) is 4.69. The first-order valence-corrected chi connectivity index (χ1v) is 6.24. The number of halogens is 2. The van der Waals surface area contributed by atoms with Crippen molar-refractivity contribution < 1.29 is 9.50 Å². The molecule has 17 heavy (non-hydrogen) atoms. The zero-order valence-electron chi connectivity index (χ0n) is 10.1. The van der Waals surface area contributed by atoms with Gasteiger partial charge in [-0.2, -0.15) is 0 Å². The van der Waals surface area contributed by atoms with Gasteiger partial charge in [-0.1, -0.05) is 17.7 Å². The number of unbranched alkanes of at least 4 members (excludes halogenated alkanes) is 2. The molecule has 1 aromatic carbocycles. The SMILES string of the molecule is CN(CCCCCO)Cc1ccc(Cl)cc1F. The van der Waals surface area contributed by atoms with Crippen molar-refractivity contribution in [2.24, 2.45) is 0 Å². The Balaban J connectivity index is 2.37. The van der Waals surface area contributed by atoms with Gasteiger partial charge in [0.15, 0.2) is 0 Å². The summed E-state index contributed by atoms with van der Waals surface area (Å²) in [5.41, 5.74) is 0.666. The van der Waals surface area contributed by atoms with E-state index in [9.17, 15) is 4.39 Å². The van der Waals surface area contributed by atoms with Crippen LogP contribution in [0.1, 0.15) is 24.8 Å². The maximum atomic E-state index is 13.5. The number of rotatable bonds is 7. The fourth-order valence-corrected chi connectivity index (χ4v) is 1.85. The fraction of sp³-hybridized carbons (Fsp3) is 0.538. The third-order valence-corrected chi connectivity index (χ3v) is 2.89. The van der Waals surface area contributed by atoms with Gasteiger partial charge in [-0.25, -0.2) is 4.39 Å². The van der Waals surface area contributed by atoms with Crippen LogP contribution in [0.4, 0.5) is 4.39 Å². The molecule has 1 rings (SSSR count). The molecule has 1 aromatic rings. The van der Waals surface area contributed by atoms with Crippen molar-refractivity contribution in [1.82, 2.24) is 4.90 Å². The van der Waals surface area contributed by atoms with Crippen LogP contribution in [0.3, 0.4) is 0 Å². The Bertz CT molecular complexity index is 346. The summed E-state index contributed by atoms with van der Waals surface area (Å²) >= 11 is 5.69. The Morgan fingerprint density at radius 3 is 2.71 bits per heavy atom. The average Bonchev–Trinajstić information content (AvgIpc) is 2.28. The number of nitrogens with zero attached hydrogens (tertiary/aromatic N) is 1. The molecule has 0 unspecified atom stereocenters. The molecule has 2 nitrogen and oxygen atoms in total. The summed E-state index contributed by atoms with van der Waals surface area (Å²) in [5.74, 6) is -0.250. The molecule has 0 radical (unpaired) electrons.